The maximum Gasteiger partial charge on any atom is 0.276 e. The van der Waals surface area contributed by atoms with Crippen LogP contribution in [0.3, 0.4) is 0 Å². The van der Waals surface area contributed by atoms with Crippen molar-refractivity contribution in [2.45, 2.75) is 45.5 Å². The number of hydrazone groups is 1. The van der Waals surface area contributed by atoms with E-state index in [1.165, 1.54) is 18.2 Å². The number of amides is 1. The van der Waals surface area contributed by atoms with Crippen molar-refractivity contribution in [1.82, 2.24) is 9.78 Å². The Hall–Kier alpha value is -3.83. The highest BCUT2D eigenvalue weighted by Gasteiger charge is 2.32. The molecule has 1 aromatic heterocycles. The van der Waals surface area contributed by atoms with E-state index in [1.54, 1.807) is 6.20 Å². The minimum atomic E-state index is -1.44. The van der Waals surface area contributed by atoms with Gasteiger partial charge in [-0.3, -0.25) is 9.48 Å². The molecule has 0 aliphatic carbocycles. The lowest BCUT2D eigenvalue weighted by molar-refractivity contribution is -0.110. The van der Waals surface area contributed by atoms with Crippen molar-refractivity contribution in [3.05, 3.63) is 60.3 Å². The minimum absolute atomic E-state index is 0.00434. The third-order valence-corrected chi connectivity index (χ3v) is 7.11. The van der Waals surface area contributed by atoms with Gasteiger partial charge in [-0.1, -0.05) is 19.4 Å². The summed E-state index contributed by atoms with van der Waals surface area (Å²) >= 11 is 0. The maximum absolute atomic E-state index is 14.4. The molecule has 0 bridgehead atoms. The number of nitrogens with zero attached hydrogens (tertiary/aromatic N) is 5. The molecule has 5 rings (SSSR count). The lowest BCUT2D eigenvalue weighted by atomic mass is 10.0. The van der Waals surface area contributed by atoms with Crippen molar-refractivity contribution in [3.8, 4) is 0 Å². The number of carbonyl (C=O) groups is 1. The molecule has 3 atom stereocenters. The zero-order chi connectivity index (χ0) is 27.1. The van der Waals surface area contributed by atoms with E-state index in [-0.39, 0.29) is 17.8 Å². The molecule has 0 radical (unpaired) electrons. The number of nitrogens with two attached hydrogens (primary N) is 1. The van der Waals surface area contributed by atoms with Crippen molar-refractivity contribution in [1.29, 1.82) is 0 Å². The Morgan fingerprint density at radius 1 is 1.18 bits per heavy atom. The van der Waals surface area contributed by atoms with Crippen LogP contribution in [0.1, 0.15) is 33.2 Å². The molecule has 0 saturated carbocycles. The van der Waals surface area contributed by atoms with Gasteiger partial charge in [-0.2, -0.15) is 10.2 Å². The van der Waals surface area contributed by atoms with E-state index < -0.39 is 29.5 Å². The minimum Gasteiger partial charge on any atom is -0.368 e. The largest absolute Gasteiger partial charge is 0.368 e. The number of benzene rings is 2. The van der Waals surface area contributed by atoms with E-state index in [0.29, 0.717) is 18.2 Å². The Morgan fingerprint density at radius 2 is 1.92 bits per heavy atom. The van der Waals surface area contributed by atoms with Crippen molar-refractivity contribution >= 4 is 39.6 Å². The fourth-order valence-corrected chi connectivity index (χ4v) is 5.14. The van der Waals surface area contributed by atoms with Crippen molar-refractivity contribution < 1.29 is 18.7 Å². The van der Waals surface area contributed by atoms with Gasteiger partial charge in [0.05, 0.1) is 23.1 Å². The molecule has 1 saturated heterocycles. The smallest absolute Gasteiger partial charge is 0.276 e. The predicted molar refractivity (Wildman–Crippen MR) is 144 cm³/mol. The van der Waals surface area contributed by atoms with Crippen molar-refractivity contribution in [3.63, 3.8) is 0 Å². The zero-order valence-electron chi connectivity index (χ0n) is 21.5. The van der Waals surface area contributed by atoms with Crippen LogP contribution in [0.4, 0.5) is 25.8 Å². The highest BCUT2D eigenvalue weighted by molar-refractivity contribution is 6.47. The first-order valence-corrected chi connectivity index (χ1v) is 12.7. The first-order chi connectivity index (χ1) is 18.2. The van der Waals surface area contributed by atoms with Crippen LogP contribution >= 0.6 is 0 Å². The van der Waals surface area contributed by atoms with Crippen LogP contribution in [0.5, 0.6) is 0 Å². The number of aliphatic hydroxyl groups is 1. The Bertz CT molecular complexity index is 1410. The topological polar surface area (TPSA) is 112 Å². The van der Waals surface area contributed by atoms with E-state index in [9.17, 15) is 18.7 Å². The molecule has 3 heterocycles. The number of rotatable bonds is 6. The van der Waals surface area contributed by atoms with Crippen LogP contribution in [0.25, 0.3) is 10.9 Å². The van der Waals surface area contributed by atoms with Gasteiger partial charge in [-0.15, -0.1) is 0 Å². The fourth-order valence-electron chi connectivity index (χ4n) is 5.14. The number of anilines is 3. The van der Waals surface area contributed by atoms with Gasteiger partial charge in [0.25, 0.3) is 5.91 Å². The average Bonchev–Trinajstić information content (AvgIpc) is 3.48. The van der Waals surface area contributed by atoms with Crippen LogP contribution < -0.4 is 21.0 Å². The van der Waals surface area contributed by atoms with Crippen LogP contribution in [0.15, 0.2) is 53.8 Å². The van der Waals surface area contributed by atoms with Crippen LogP contribution in [0, 0.1) is 17.6 Å². The highest BCUT2D eigenvalue weighted by atomic mass is 19.1. The normalized spacial score (nSPS) is 21.5. The lowest BCUT2D eigenvalue weighted by Crippen LogP contribution is -2.37. The fraction of sp³-hybridized carbons (Fsp3) is 0.370. The van der Waals surface area contributed by atoms with E-state index in [4.69, 9.17) is 5.73 Å². The standard InChI is InChI=1S/C27H31F2N7O2/c1-4-16-13-34(14-20(16)30)25-17-12-31-35(15(2)3)23(17)10-8-21(25)32-27(38)22-9-11-24(37)36(33-22)26-18(28)6-5-7-19(26)29/h5-12,15-16,20,24,37H,4,13-14,30H2,1-3H3,(H,32,38)/t16-,20+,24?/m1/s1. The molecule has 200 valence electrons. The highest BCUT2D eigenvalue weighted by Crippen LogP contribution is 2.39. The van der Waals surface area contributed by atoms with E-state index in [0.717, 1.165) is 46.7 Å². The Labute approximate surface area is 219 Å². The Kier molecular flexibility index (Phi) is 6.89. The molecular formula is C27H31F2N7O2. The number of fused-ring (bicyclic) bond motifs is 1. The summed E-state index contributed by atoms with van der Waals surface area (Å²) in [6, 6.07) is 7.18. The number of para-hydroxylation sites is 1. The number of carbonyl (C=O) groups excluding carboxylic acids is 1. The number of hydrogen-bond acceptors (Lipinski definition) is 7. The number of aliphatic hydroxyl groups excluding tert-OH is 1. The van der Waals surface area contributed by atoms with E-state index in [2.05, 4.69) is 27.3 Å². The molecule has 9 nitrogen and oxygen atoms in total. The zero-order valence-corrected chi connectivity index (χ0v) is 21.5. The third-order valence-electron chi connectivity index (χ3n) is 7.11. The van der Waals surface area contributed by atoms with Crippen LogP contribution in [-0.4, -0.2) is 51.9 Å². The molecule has 1 unspecified atom stereocenters. The van der Waals surface area contributed by atoms with Gasteiger partial charge in [-0.25, -0.2) is 13.8 Å². The predicted octanol–water partition coefficient (Wildman–Crippen LogP) is 3.76. The Balaban J connectivity index is 1.52. The summed E-state index contributed by atoms with van der Waals surface area (Å²) in [5, 5.41) is 23.5. The summed E-state index contributed by atoms with van der Waals surface area (Å²) in [6.07, 6.45) is 3.86. The number of halogens is 2. The van der Waals surface area contributed by atoms with Gasteiger partial charge in [0.15, 0.2) is 17.9 Å². The maximum atomic E-state index is 14.4. The first kappa shape index (κ1) is 25.8. The first-order valence-electron chi connectivity index (χ1n) is 12.7. The molecule has 1 amide bonds. The molecule has 2 aliphatic heterocycles. The molecule has 2 aliphatic rings. The second-order valence-electron chi connectivity index (χ2n) is 9.94. The molecule has 3 aromatic rings. The van der Waals surface area contributed by atoms with Gasteiger partial charge in [0.2, 0.25) is 0 Å². The molecule has 11 heteroatoms. The second-order valence-corrected chi connectivity index (χ2v) is 9.94. The summed E-state index contributed by atoms with van der Waals surface area (Å²) in [7, 11) is 0. The van der Waals surface area contributed by atoms with E-state index in [1.807, 2.05) is 30.7 Å². The van der Waals surface area contributed by atoms with Gasteiger partial charge in [0.1, 0.15) is 11.4 Å². The van der Waals surface area contributed by atoms with Crippen LogP contribution in [0.2, 0.25) is 0 Å². The summed E-state index contributed by atoms with van der Waals surface area (Å²) in [6.45, 7) is 7.57. The quantitative estimate of drug-likeness (QED) is 0.454. The molecule has 2 aromatic carbocycles. The third kappa shape index (κ3) is 4.52. The Morgan fingerprint density at radius 3 is 2.58 bits per heavy atom. The summed E-state index contributed by atoms with van der Waals surface area (Å²) < 4.78 is 30.7. The van der Waals surface area contributed by atoms with E-state index >= 15 is 0 Å². The average molecular weight is 524 g/mol. The van der Waals surface area contributed by atoms with Gasteiger partial charge in [0, 0.05) is 30.6 Å². The van der Waals surface area contributed by atoms with Crippen LogP contribution in [-0.2, 0) is 4.79 Å². The lowest BCUT2D eigenvalue weighted by Gasteiger charge is -2.27. The van der Waals surface area contributed by atoms with Gasteiger partial charge in [-0.05, 0) is 56.2 Å². The number of aromatic nitrogens is 2. The SMILES string of the molecule is CC[C@@H]1CN(c2c(NC(=O)C3=NN(c4c(F)cccc4F)C(O)C=C3)ccc3c2cnn3C(C)C)C[C@@H]1N. The van der Waals surface area contributed by atoms with Crippen molar-refractivity contribution in [2.24, 2.45) is 16.8 Å². The molecule has 4 N–H and O–H groups in total. The number of hydrogen-bond donors (Lipinski definition) is 3. The van der Waals surface area contributed by atoms with Crippen molar-refractivity contribution in [2.75, 3.05) is 28.3 Å². The molecular weight excluding hydrogens is 492 g/mol. The van der Waals surface area contributed by atoms with Gasteiger partial charge >= 0.3 is 0 Å². The second kappa shape index (κ2) is 10.1. The summed E-state index contributed by atoms with van der Waals surface area (Å²) in [4.78, 5) is 15.5. The molecule has 1 fully saturated rings. The summed E-state index contributed by atoms with van der Waals surface area (Å²) in [5.41, 5.74) is 8.04. The molecule has 0 spiro atoms. The monoisotopic (exact) mass is 523 g/mol. The molecule has 38 heavy (non-hydrogen) atoms. The van der Waals surface area contributed by atoms with Gasteiger partial charge < -0.3 is 21.1 Å². The number of nitrogens with one attached hydrogen (secondary N) is 1. The summed E-state index contributed by atoms with van der Waals surface area (Å²) in [5.74, 6) is -2.10.